The fraction of sp³-hybridized carbons (Fsp3) is 0.111. The zero-order chi connectivity index (χ0) is 18.4. The number of amides is 1. The highest BCUT2D eigenvalue weighted by Gasteiger charge is 2.12. The number of aromatic hydroxyl groups is 1. The van der Waals surface area contributed by atoms with Gasteiger partial charge in [-0.2, -0.15) is 5.10 Å². The molecule has 0 aliphatic heterocycles. The Bertz CT molecular complexity index is 924. The van der Waals surface area contributed by atoms with Crippen molar-refractivity contribution in [2.75, 3.05) is 5.75 Å². The zero-order valence-corrected chi connectivity index (χ0v) is 14.8. The van der Waals surface area contributed by atoms with Crippen molar-refractivity contribution in [3.63, 3.8) is 0 Å². The molecule has 0 atom stereocenters. The number of hydrogen-bond donors (Lipinski definition) is 2. The number of rotatable bonds is 6. The molecule has 2 aromatic carbocycles. The Morgan fingerprint density at radius 2 is 2.04 bits per heavy atom. The molecule has 0 spiro atoms. The number of hydrogen-bond acceptors (Lipinski definition) is 6. The van der Waals surface area contributed by atoms with Gasteiger partial charge in [-0.25, -0.2) is 5.43 Å². The molecule has 0 aliphatic carbocycles. The van der Waals surface area contributed by atoms with Crippen LogP contribution in [0.25, 0.3) is 11.4 Å². The van der Waals surface area contributed by atoms with Gasteiger partial charge in [-0.05, 0) is 17.7 Å². The minimum absolute atomic E-state index is 0.146. The molecular weight excluding hydrogens is 350 g/mol. The van der Waals surface area contributed by atoms with E-state index in [0.29, 0.717) is 10.7 Å². The molecule has 0 saturated carbocycles. The minimum Gasteiger partial charge on any atom is -0.508 e. The lowest BCUT2D eigenvalue weighted by Crippen LogP contribution is -2.19. The Hall–Kier alpha value is -3.13. The van der Waals surface area contributed by atoms with Crippen LogP contribution in [0.3, 0.4) is 0 Å². The number of thioether (sulfide) groups is 1. The summed E-state index contributed by atoms with van der Waals surface area (Å²) in [5.74, 6) is 0.802. The number of carbonyl (C=O) groups is 1. The largest absolute Gasteiger partial charge is 0.508 e. The van der Waals surface area contributed by atoms with Crippen LogP contribution in [-0.2, 0) is 11.8 Å². The summed E-state index contributed by atoms with van der Waals surface area (Å²) in [7, 11) is 1.86. The number of phenolic OH excluding ortho intramolecular Hbond substituents is 1. The van der Waals surface area contributed by atoms with Gasteiger partial charge in [0.05, 0.1) is 12.0 Å². The van der Waals surface area contributed by atoms with Crippen LogP contribution in [0.5, 0.6) is 5.75 Å². The predicted molar refractivity (Wildman–Crippen MR) is 101 cm³/mol. The topological polar surface area (TPSA) is 92.4 Å². The van der Waals surface area contributed by atoms with Crippen molar-refractivity contribution in [3.05, 3.63) is 60.2 Å². The zero-order valence-electron chi connectivity index (χ0n) is 14.0. The van der Waals surface area contributed by atoms with Crippen LogP contribution in [0, 0.1) is 0 Å². The molecule has 1 heterocycles. The van der Waals surface area contributed by atoms with Crippen LogP contribution < -0.4 is 5.43 Å². The molecule has 0 aliphatic rings. The molecule has 26 heavy (non-hydrogen) atoms. The van der Waals surface area contributed by atoms with Crippen molar-refractivity contribution in [3.8, 4) is 17.1 Å². The summed E-state index contributed by atoms with van der Waals surface area (Å²) in [5.41, 5.74) is 4.11. The third-order valence-corrected chi connectivity index (χ3v) is 4.49. The first kappa shape index (κ1) is 17.7. The summed E-state index contributed by atoms with van der Waals surface area (Å²) in [5, 5.41) is 22.2. The molecule has 0 bridgehead atoms. The van der Waals surface area contributed by atoms with E-state index in [9.17, 15) is 9.90 Å². The van der Waals surface area contributed by atoms with Gasteiger partial charge in [0.2, 0.25) is 0 Å². The van der Waals surface area contributed by atoms with Gasteiger partial charge in [-0.1, -0.05) is 54.2 Å². The first-order chi connectivity index (χ1) is 12.6. The molecule has 3 aromatic rings. The summed E-state index contributed by atoms with van der Waals surface area (Å²) in [6.07, 6.45) is 1.47. The molecule has 0 fully saturated rings. The van der Waals surface area contributed by atoms with Crippen molar-refractivity contribution >= 4 is 23.9 Å². The van der Waals surface area contributed by atoms with Crippen molar-refractivity contribution in [2.24, 2.45) is 12.1 Å². The second kappa shape index (κ2) is 8.30. The summed E-state index contributed by atoms with van der Waals surface area (Å²) in [6, 6.07) is 16.3. The van der Waals surface area contributed by atoms with Gasteiger partial charge < -0.3 is 9.67 Å². The molecule has 7 nitrogen and oxygen atoms in total. The summed E-state index contributed by atoms with van der Waals surface area (Å²) < 4.78 is 1.85. The third-order valence-electron chi connectivity index (χ3n) is 3.47. The fourth-order valence-corrected chi connectivity index (χ4v) is 2.93. The van der Waals surface area contributed by atoms with Crippen molar-refractivity contribution in [1.82, 2.24) is 20.2 Å². The van der Waals surface area contributed by atoms with E-state index < -0.39 is 0 Å². The first-order valence-corrected chi connectivity index (χ1v) is 8.80. The monoisotopic (exact) mass is 367 g/mol. The summed E-state index contributed by atoms with van der Waals surface area (Å²) in [6.45, 7) is 0. The van der Waals surface area contributed by atoms with Gasteiger partial charge in [0, 0.05) is 12.6 Å². The van der Waals surface area contributed by atoms with Gasteiger partial charge >= 0.3 is 0 Å². The molecule has 0 saturated heterocycles. The average Bonchev–Trinajstić information content (AvgIpc) is 3.01. The normalized spacial score (nSPS) is 11.0. The smallest absolute Gasteiger partial charge is 0.250 e. The Balaban J connectivity index is 1.54. The Morgan fingerprint density at radius 3 is 2.81 bits per heavy atom. The quantitative estimate of drug-likeness (QED) is 0.397. The number of nitrogens with one attached hydrogen (secondary N) is 1. The minimum atomic E-state index is -0.254. The summed E-state index contributed by atoms with van der Waals surface area (Å²) in [4.78, 5) is 11.9. The number of aromatic nitrogens is 3. The van der Waals surface area contributed by atoms with Gasteiger partial charge in [0.25, 0.3) is 5.91 Å². The maximum Gasteiger partial charge on any atom is 0.250 e. The summed E-state index contributed by atoms with van der Waals surface area (Å²) >= 11 is 1.28. The Morgan fingerprint density at radius 1 is 1.23 bits per heavy atom. The van der Waals surface area contributed by atoms with E-state index in [0.717, 1.165) is 11.4 Å². The van der Waals surface area contributed by atoms with Gasteiger partial charge in [0.15, 0.2) is 11.0 Å². The van der Waals surface area contributed by atoms with E-state index in [1.54, 1.807) is 24.3 Å². The molecule has 8 heteroatoms. The Kier molecular flexibility index (Phi) is 5.65. The molecule has 0 radical (unpaired) electrons. The second-order valence-corrected chi connectivity index (χ2v) is 6.35. The second-order valence-electron chi connectivity index (χ2n) is 5.41. The highest BCUT2D eigenvalue weighted by molar-refractivity contribution is 7.99. The lowest BCUT2D eigenvalue weighted by Gasteiger charge is -2.03. The molecule has 1 aromatic heterocycles. The van der Waals surface area contributed by atoms with E-state index in [2.05, 4.69) is 20.7 Å². The standard InChI is InChI=1S/C18H17N5O2S/c1-23-17(14-7-3-2-4-8-14)21-22-18(23)26-12-16(25)20-19-11-13-6-5-9-15(24)10-13/h2-11,24H,12H2,1H3,(H,20,25)/b19-11-. The molecule has 0 unspecified atom stereocenters. The molecule has 132 valence electrons. The first-order valence-electron chi connectivity index (χ1n) is 7.82. The van der Waals surface area contributed by atoms with Crippen LogP contribution in [0.4, 0.5) is 0 Å². The van der Waals surface area contributed by atoms with Gasteiger partial charge in [0.1, 0.15) is 5.75 Å². The number of benzene rings is 2. The molecule has 1 amide bonds. The van der Waals surface area contributed by atoms with Crippen molar-refractivity contribution < 1.29 is 9.90 Å². The van der Waals surface area contributed by atoms with Crippen LogP contribution >= 0.6 is 11.8 Å². The van der Waals surface area contributed by atoms with Crippen molar-refractivity contribution in [2.45, 2.75) is 5.16 Å². The van der Waals surface area contributed by atoms with Gasteiger partial charge in [-0.3, -0.25) is 4.79 Å². The Labute approximate surface area is 154 Å². The van der Waals surface area contributed by atoms with E-state index in [-0.39, 0.29) is 17.4 Å². The number of carbonyl (C=O) groups excluding carboxylic acids is 1. The molecule has 2 N–H and O–H groups in total. The molecular formula is C18H17N5O2S. The van der Waals surface area contributed by atoms with Crippen LogP contribution in [0.15, 0.2) is 64.9 Å². The van der Waals surface area contributed by atoms with Crippen LogP contribution in [0.1, 0.15) is 5.56 Å². The van der Waals surface area contributed by atoms with Crippen LogP contribution in [0.2, 0.25) is 0 Å². The lowest BCUT2D eigenvalue weighted by atomic mass is 10.2. The highest BCUT2D eigenvalue weighted by atomic mass is 32.2. The highest BCUT2D eigenvalue weighted by Crippen LogP contribution is 2.22. The van der Waals surface area contributed by atoms with E-state index in [1.165, 1.54) is 18.0 Å². The maximum absolute atomic E-state index is 11.9. The fourth-order valence-electron chi connectivity index (χ4n) is 2.23. The van der Waals surface area contributed by atoms with E-state index in [4.69, 9.17) is 0 Å². The number of hydrazone groups is 1. The van der Waals surface area contributed by atoms with Crippen LogP contribution in [-0.4, -0.2) is 37.7 Å². The average molecular weight is 367 g/mol. The number of nitrogens with zero attached hydrogens (tertiary/aromatic N) is 4. The third kappa shape index (κ3) is 4.48. The SMILES string of the molecule is Cn1c(SCC(=O)N/N=C\c2cccc(O)c2)nnc1-c1ccccc1. The maximum atomic E-state index is 11.9. The van der Waals surface area contributed by atoms with E-state index >= 15 is 0 Å². The lowest BCUT2D eigenvalue weighted by molar-refractivity contribution is -0.118. The van der Waals surface area contributed by atoms with Crippen molar-refractivity contribution in [1.29, 1.82) is 0 Å². The molecule has 3 rings (SSSR count). The van der Waals surface area contributed by atoms with E-state index in [1.807, 2.05) is 41.9 Å². The van der Waals surface area contributed by atoms with Gasteiger partial charge in [-0.15, -0.1) is 10.2 Å². The predicted octanol–water partition coefficient (Wildman–Crippen LogP) is 2.43. The number of phenols is 1.